The van der Waals surface area contributed by atoms with Crippen molar-refractivity contribution in [3.8, 4) is 11.4 Å². The van der Waals surface area contributed by atoms with E-state index in [4.69, 9.17) is 0 Å². The highest BCUT2D eigenvalue weighted by Gasteiger charge is 2.29. The maximum absolute atomic E-state index is 13.7. The van der Waals surface area contributed by atoms with E-state index in [1.165, 1.54) is 40.6 Å². The predicted octanol–water partition coefficient (Wildman–Crippen LogP) is 3.52. The molecule has 0 fully saturated rings. The Bertz CT molecular complexity index is 1340. The first-order valence-electron chi connectivity index (χ1n) is 12.5. The zero-order chi connectivity index (χ0) is 26.5. The van der Waals surface area contributed by atoms with Crippen LogP contribution in [0.5, 0.6) is 0 Å². The van der Waals surface area contributed by atoms with E-state index >= 15 is 0 Å². The minimum Gasteiger partial charge on any atom is -0.334 e. The molecule has 3 aromatic rings. The van der Waals surface area contributed by atoms with E-state index in [9.17, 15) is 18.8 Å². The van der Waals surface area contributed by atoms with Crippen LogP contribution in [0.2, 0.25) is 0 Å². The lowest BCUT2D eigenvalue weighted by atomic mass is 9.86. The molecule has 2 amide bonds. The molecule has 9 heteroatoms. The summed E-state index contributed by atoms with van der Waals surface area (Å²) in [5.74, 6) is -0.837. The Balaban J connectivity index is 1.72. The Morgan fingerprint density at radius 3 is 2.62 bits per heavy atom. The van der Waals surface area contributed by atoms with Gasteiger partial charge in [0.25, 0.3) is 5.56 Å². The van der Waals surface area contributed by atoms with Crippen molar-refractivity contribution in [2.75, 3.05) is 18.9 Å². The van der Waals surface area contributed by atoms with Crippen LogP contribution in [-0.4, -0.2) is 45.9 Å². The minimum absolute atomic E-state index is 0.0307. The molecule has 8 nitrogen and oxygen atoms in total. The van der Waals surface area contributed by atoms with Crippen LogP contribution in [0.15, 0.2) is 59.5 Å². The number of rotatable bonds is 8. The normalized spacial score (nSPS) is 15.5. The van der Waals surface area contributed by atoms with Crippen LogP contribution in [0.25, 0.3) is 11.4 Å². The van der Waals surface area contributed by atoms with Gasteiger partial charge in [0, 0.05) is 12.1 Å². The van der Waals surface area contributed by atoms with Crippen LogP contribution < -0.4 is 16.2 Å². The highest BCUT2D eigenvalue weighted by atomic mass is 19.1. The van der Waals surface area contributed by atoms with Crippen LogP contribution in [0.1, 0.15) is 43.9 Å². The molecule has 1 aliphatic rings. The zero-order valence-corrected chi connectivity index (χ0v) is 21.3. The molecule has 0 aliphatic heterocycles. The first-order chi connectivity index (χ1) is 17.8. The Labute approximate surface area is 215 Å². The number of nitrogens with zero attached hydrogens (tertiary/aromatic N) is 3. The monoisotopic (exact) mass is 505 g/mol. The number of carbonyl (C=O) groups is 2. The van der Waals surface area contributed by atoms with Gasteiger partial charge >= 0.3 is 0 Å². The van der Waals surface area contributed by atoms with Crippen molar-refractivity contribution in [2.24, 2.45) is 0 Å². The van der Waals surface area contributed by atoms with Crippen LogP contribution in [0.3, 0.4) is 0 Å². The van der Waals surface area contributed by atoms with Gasteiger partial charge in [-0.1, -0.05) is 24.3 Å². The summed E-state index contributed by atoms with van der Waals surface area (Å²) in [6, 6.07) is 13.1. The molecule has 0 saturated heterocycles. The van der Waals surface area contributed by atoms with Crippen molar-refractivity contribution >= 4 is 17.5 Å². The van der Waals surface area contributed by atoms with Gasteiger partial charge in [0.2, 0.25) is 11.8 Å². The molecule has 1 aliphatic carbocycles. The number of nitrogens with one attached hydrogen (secondary N) is 2. The third kappa shape index (κ3) is 5.61. The average Bonchev–Trinajstić information content (AvgIpc) is 2.91. The lowest BCUT2D eigenvalue weighted by Gasteiger charge is -2.35. The Morgan fingerprint density at radius 1 is 1.19 bits per heavy atom. The highest BCUT2D eigenvalue weighted by molar-refractivity contribution is 5.94. The van der Waals surface area contributed by atoms with Crippen molar-refractivity contribution < 1.29 is 14.0 Å². The molecule has 0 spiro atoms. The van der Waals surface area contributed by atoms with E-state index in [-0.39, 0.29) is 30.0 Å². The molecule has 0 bridgehead atoms. The van der Waals surface area contributed by atoms with Gasteiger partial charge < -0.3 is 15.5 Å². The molecule has 4 rings (SSSR count). The zero-order valence-electron chi connectivity index (χ0n) is 21.3. The second-order valence-electron chi connectivity index (χ2n) is 9.18. The summed E-state index contributed by atoms with van der Waals surface area (Å²) >= 11 is 0. The number of carbonyl (C=O) groups excluding carboxylic acids is 2. The van der Waals surface area contributed by atoms with E-state index in [1.807, 2.05) is 19.1 Å². The summed E-state index contributed by atoms with van der Waals surface area (Å²) < 4.78 is 14.8. The number of benzene rings is 2. The quantitative estimate of drug-likeness (QED) is 0.488. The van der Waals surface area contributed by atoms with E-state index in [1.54, 1.807) is 18.9 Å². The van der Waals surface area contributed by atoms with Crippen molar-refractivity contribution in [1.29, 1.82) is 0 Å². The summed E-state index contributed by atoms with van der Waals surface area (Å²) in [6.45, 7) is 3.80. The maximum Gasteiger partial charge on any atom is 0.278 e. The minimum atomic E-state index is -0.556. The highest BCUT2D eigenvalue weighted by Crippen LogP contribution is 2.34. The van der Waals surface area contributed by atoms with Gasteiger partial charge in [0.05, 0.1) is 18.3 Å². The molecule has 2 unspecified atom stereocenters. The lowest BCUT2D eigenvalue weighted by molar-refractivity contribution is -0.134. The average molecular weight is 506 g/mol. The number of anilines is 1. The number of halogens is 1. The number of likely N-dealkylation sites (N-methyl/N-ethyl adjacent to an activating group) is 2. The van der Waals surface area contributed by atoms with Crippen molar-refractivity contribution in [1.82, 2.24) is 19.8 Å². The molecule has 1 aromatic heterocycles. The van der Waals surface area contributed by atoms with Gasteiger partial charge in [0.1, 0.15) is 23.9 Å². The summed E-state index contributed by atoms with van der Waals surface area (Å²) in [7, 11) is 1.64. The standard InChI is InChI=1S/C28H32FN5O3/c1-4-33(24-11-7-9-19-8-5-6-10-22(19)24)25(35)17-34-26(20-12-14-21(29)15-13-20)31-16-23(28(34)37)32-27(36)18(2)30-3/h5-6,8,10,12-16,18,24,30H,4,7,9,11,17H2,1-3H3,(H,32,36). The van der Waals surface area contributed by atoms with Gasteiger partial charge in [-0.2, -0.15) is 0 Å². The number of aryl methyl sites for hydroxylation is 1. The fourth-order valence-electron chi connectivity index (χ4n) is 4.77. The van der Waals surface area contributed by atoms with Gasteiger partial charge in [0.15, 0.2) is 0 Å². The summed E-state index contributed by atoms with van der Waals surface area (Å²) in [5, 5.41) is 5.42. The number of hydrogen-bond acceptors (Lipinski definition) is 5. The molecule has 2 atom stereocenters. The molecule has 194 valence electrons. The van der Waals surface area contributed by atoms with Gasteiger partial charge in [-0.15, -0.1) is 0 Å². The summed E-state index contributed by atoms with van der Waals surface area (Å²) in [4.78, 5) is 45.9. The molecule has 1 heterocycles. The molecular weight excluding hydrogens is 473 g/mol. The second kappa shape index (κ2) is 11.5. The van der Waals surface area contributed by atoms with Gasteiger partial charge in [-0.05, 0) is 75.5 Å². The lowest BCUT2D eigenvalue weighted by Crippen LogP contribution is -2.41. The maximum atomic E-state index is 13.7. The van der Waals surface area contributed by atoms with E-state index in [0.29, 0.717) is 12.1 Å². The predicted molar refractivity (Wildman–Crippen MR) is 141 cm³/mol. The first-order valence-corrected chi connectivity index (χ1v) is 12.5. The molecular formula is C28H32FN5O3. The molecule has 37 heavy (non-hydrogen) atoms. The fraction of sp³-hybridized carbons (Fsp3) is 0.357. The number of fused-ring (bicyclic) bond motifs is 1. The Morgan fingerprint density at radius 2 is 1.92 bits per heavy atom. The number of hydrogen-bond donors (Lipinski definition) is 2. The van der Waals surface area contributed by atoms with Crippen LogP contribution in [0, 0.1) is 5.82 Å². The van der Waals surface area contributed by atoms with Gasteiger partial charge in [-0.25, -0.2) is 9.37 Å². The van der Waals surface area contributed by atoms with Crippen LogP contribution in [0.4, 0.5) is 10.1 Å². The SMILES string of the molecule is CCN(C(=O)Cn1c(-c2ccc(F)cc2)ncc(NC(=O)C(C)NC)c1=O)C1CCCc2ccccc21. The van der Waals surface area contributed by atoms with E-state index in [0.717, 1.165) is 24.8 Å². The largest absolute Gasteiger partial charge is 0.334 e. The smallest absolute Gasteiger partial charge is 0.278 e. The molecule has 0 radical (unpaired) electrons. The Kier molecular flexibility index (Phi) is 8.13. The number of aromatic nitrogens is 2. The summed E-state index contributed by atoms with van der Waals surface area (Å²) in [6.07, 6.45) is 4.06. The van der Waals surface area contributed by atoms with Gasteiger partial charge in [-0.3, -0.25) is 19.0 Å². The number of amides is 2. The first kappa shape index (κ1) is 26.2. The third-order valence-corrected chi connectivity index (χ3v) is 6.90. The third-order valence-electron chi connectivity index (χ3n) is 6.90. The molecule has 2 N–H and O–H groups in total. The summed E-state index contributed by atoms with van der Waals surface area (Å²) in [5.41, 5.74) is 2.27. The molecule has 0 saturated carbocycles. The second-order valence-corrected chi connectivity index (χ2v) is 9.18. The van der Waals surface area contributed by atoms with E-state index < -0.39 is 23.3 Å². The van der Waals surface area contributed by atoms with Crippen molar-refractivity contribution in [3.63, 3.8) is 0 Å². The van der Waals surface area contributed by atoms with Crippen molar-refractivity contribution in [3.05, 3.63) is 82.0 Å². The van der Waals surface area contributed by atoms with Crippen LogP contribution >= 0.6 is 0 Å². The topological polar surface area (TPSA) is 96.3 Å². The van der Waals surface area contributed by atoms with Crippen molar-refractivity contribution in [2.45, 2.75) is 51.7 Å². The van der Waals surface area contributed by atoms with E-state index in [2.05, 4.69) is 27.8 Å². The Hall–Kier alpha value is -3.85. The van der Waals surface area contributed by atoms with Crippen LogP contribution in [-0.2, 0) is 22.6 Å². The fourth-order valence-corrected chi connectivity index (χ4v) is 4.77. The molecule has 2 aromatic carbocycles.